The molecule has 0 fully saturated rings. The number of pyridine rings is 2. The van der Waals surface area contributed by atoms with Gasteiger partial charge in [-0.2, -0.15) is 13.2 Å². The van der Waals surface area contributed by atoms with Gasteiger partial charge in [-0.25, -0.2) is 9.97 Å². The largest absolute Gasteiger partial charge is 0.573 e. The van der Waals surface area contributed by atoms with E-state index in [2.05, 4.69) is 19.7 Å². The van der Waals surface area contributed by atoms with Crippen molar-refractivity contribution < 1.29 is 36.2 Å². The second kappa shape index (κ2) is 8.98. The van der Waals surface area contributed by atoms with Crippen molar-refractivity contribution in [1.29, 1.82) is 0 Å². The normalized spacial score (nSPS) is 13.1. The highest BCUT2D eigenvalue weighted by molar-refractivity contribution is 5.93. The Kier molecular flexibility index (Phi) is 6.19. The van der Waals surface area contributed by atoms with Crippen molar-refractivity contribution in [2.45, 2.75) is 25.2 Å². The Labute approximate surface area is 192 Å². The molecule has 0 saturated carbocycles. The van der Waals surface area contributed by atoms with Gasteiger partial charge in [0.25, 0.3) is 5.56 Å². The minimum atomic E-state index is -4.95. The zero-order valence-corrected chi connectivity index (χ0v) is 17.4. The monoisotopic (exact) mass is 496 g/mol. The topological polar surface area (TPSA) is 90.1 Å². The predicted molar refractivity (Wildman–Crippen MR) is 111 cm³/mol. The van der Waals surface area contributed by atoms with Crippen molar-refractivity contribution in [3.05, 3.63) is 71.5 Å². The van der Waals surface area contributed by atoms with Crippen molar-refractivity contribution in [1.82, 2.24) is 19.5 Å². The van der Waals surface area contributed by atoms with Crippen LogP contribution in [-0.4, -0.2) is 43.3 Å². The van der Waals surface area contributed by atoms with Crippen molar-refractivity contribution in [2.75, 3.05) is 0 Å². The van der Waals surface area contributed by atoms with Crippen molar-refractivity contribution in [2.24, 2.45) is 0 Å². The van der Waals surface area contributed by atoms with E-state index in [1.807, 2.05) is 0 Å². The van der Waals surface area contributed by atoms with Crippen LogP contribution in [0.2, 0.25) is 0 Å². The molecule has 0 spiro atoms. The molecule has 1 N–H and O–H groups in total. The molecule has 4 aromatic rings. The summed E-state index contributed by atoms with van der Waals surface area (Å²) < 4.78 is 80.2. The number of aliphatic hydroxyl groups excluding tert-OH is 1. The molecule has 182 valence electrons. The fourth-order valence-corrected chi connectivity index (χ4v) is 3.27. The highest BCUT2D eigenvalue weighted by Crippen LogP contribution is 2.30. The SMILES string of the molecule is O=c1c2cc(-c3ccc(OC(F)(F)F)cc3)nc(-c3cccnc3)c2ncn1C[C@@H](O)C(F)(F)F. The number of nitrogens with zero attached hydrogens (tertiary/aromatic N) is 4. The molecule has 35 heavy (non-hydrogen) atoms. The summed E-state index contributed by atoms with van der Waals surface area (Å²) in [5.41, 5.74) is 0.267. The number of aromatic nitrogens is 4. The second-order valence-corrected chi connectivity index (χ2v) is 7.33. The summed E-state index contributed by atoms with van der Waals surface area (Å²) in [4.78, 5) is 25.6. The molecule has 1 atom stereocenters. The molecule has 0 radical (unpaired) electrons. The zero-order valence-electron chi connectivity index (χ0n) is 17.4. The van der Waals surface area contributed by atoms with E-state index < -0.39 is 36.5 Å². The first-order chi connectivity index (χ1) is 16.4. The number of hydrogen-bond donors (Lipinski definition) is 1. The number of ether oxygens (including phenoxy) is 1. The van der Waals surface area contributed by atoms with E-state index in [-0.39, 0.29) is 22.3 Å². The third-order valence-electron chi connectivity index (χ3n) is 4.88. The smallest absolute Gasteiger partial charge is 0.406 e. The summed E-state index contributed by atoms with van der Waals surface area (Å²) in [5.74, 6) is -0.473. The van der Waals surface area contributed by atoms with Gasteiger partial charge < -0.3 is 9.84 Å². The van der Waals surface area contributed by atoms with Gasteiger partial charge in [-0.1, -0.05) is 0 Å². The Balaban J connectivity index is 1.86. The first-order valence-corrected chi connectivity index (χ1v) is 9.84. The quantitative estimate of drug-likeness (QED) is 0.414. The van der Waals surface area contributed by atoms with Crippen LogP contribution in [0.15, 0.2) is 66.0 Å². The van der Waals surface area contributed by atoms with Gasteiger partial charge in [0.05, 0.1) is 29.6 Å². The predicted octanol–water partition coefficient (Wildman–Crippen LogP) is 4.34. The third kappa shape index (κ3) is 5.40. The Morgan fingerprint density at radius 1 is 1.03 bits per heavy atom. The lowest BCUT2D eigenvalue weighted by Gasteiger charge is -2.16. The molecule has 3 aromatic heterocycles. The van der Waals surface area contributed by atoms with E-state index in [0.29, 0.717) is 15.7 Å². The van der Waals surface area contributed by atoms with Crippen LogP contribution in [-0.2, 0) is 6.54 Å². The van der Waals surface area contributed by atoms with E-state index in [1.165, 1.54) is 30.6 Å². The lowest BCUT2D eigenvalue weighted by molar-refractivity contribution is -0.274. The first kappa shape index (κ1) is 24.1. The molecule has 0 aliphatic carbocycles. The Hall–Kier alpha value is -4.00. The fourth-order valence-electron chi connectivity index (χ4n) is 3.27. The van der Waals surface area contributed by atoms with Crippen LogP contribution in [0.4, 0.5) is 26.3 Å². The molecule has 13 heteroatoms. The van der Waals surface area contributed by atoms with Gasteiger partial charge in [-0.05, 0) is 42.5 Å². The Morgan fingerprint density at radius 2 is 1.74 bits per heavy atom. The van der Waals surface area contributed by atoms with Crippen LogP contribution < -0.4 is 10.3 Å². The van der Waals surface area contributed by atoms with Crippen LogP contribution in [0, 0.1) is 0 Å². The molecule has 0 unspecified atom stereocenters. The van der Waals surface area contributed by atoms with Crippen LogP contribution in [0.1, 0.15) is 0 Å². The number of rotatable bonds is 5. The van der Waals surface area contributed by atoms with E-state index in [4.69, 9.17) is 0 Å². The van der Waals surface area contributed by atoms with Crippen molar-refractivity contribution in [3.63, 3.8) is 0 Å². The van der Waals surface area contributed by atoms with E-state index in [9.17, 15) is 36.2 Å². The van der Waals surface area contributed by atoms with Crippen LogP contribution in [0.3, 0.4) is 0 Å². The molecular weight excluding hydrogens is 482 g/mol. The minimum absolute atomic E-state index is 0.0709. The molecule has 0 amide bonds. The summed E-state index contributed by atoms with van der Waals surface area (Å²) in [5, 5.41) is 9.27. The van der Waals surface area contributed by atoms with Gasteiger partial charge in [0.15, 0.2) is 6.10 Å². The molecule has 0 saturated heterocycles. The molecule has 3 heterocycles. The molecule has 0 aliphatic heterocycles. The summed E-state index contributed by atoms with van der Waals surface area (Å²) in [7, 11) is 0. The average Bonchev–Trinajstić information content (AvgIpc) is 2.80. The average molecular weight is 496 g/mol. The van der Waals surface area contributed by atoms with Gasteiger partial charge in [-0.15, -0.1) is 13.2 Å². The van der Waals surface area contributed by atoms with E-state index >= 15 is 0 Å². The fraction of sp³-hybridized carbons (Fsp3) is 0.182. The second-order valence-electron chi connectivity index (χ2n) is 7.33. The summed E-state index contributed by atoms with van der Waals surface area (Å²) in [6, 6.07) is 9.16. The van der Waals surface area contributed by atoms with Crippen LogP contribution in [0.5, 0.6) is 5.75 Å². The molecule has 4 rings (SSSR count). The van der Waals surface area contributed by atoms with Crippen LogP contribution >= 0.6 is 0 Å². The maximum absolute atomic E-state index is 13.0. The molecule has 7 nitrogen and oxygen atoms in total. The third-order valence-corrected chi connectivity index (χ3v) is 4.88. The lowest BCUT2D eigenvalue weighted by atomic mass is 10.1. The lowest BCUT2D eigenvalue weighted by Crippen LogP contribution is -2.36. The molecule has 1 aromatic carbocycles. The van der Waals surface area contributed by atoms with Crippen molar-refractivity contribution >= 4 is 10.9 Å². The number of alkyl halides is 6. The van der Waals surface area contributed by atoms with Gasteiger partial charge in [0.1, 0.15) is 11.3 Å². The van der Waals surface area contributed by atoms with Gasteiger partial charge in [0, 0.05) is 23.5 Å². The number of halogens is 6. The summed E-state index contributed by atoms with van der Waals surface area (Å²) in [6.07, 6.45) is -8.81. The highest BCUT2D eigenvalue weighted by atomic mass is 19.4. The standard InChI is InChI=1S/C22H14F6N4O3/c23-21(24,25)17(33)10-32-11-30-19-15(20(32)34)8-16(31-18(19)13-2-1-7-29-9-13)12-3-5-14(6-4-12)35-22(26,27)28/h1-9,11,17,33H,10H2/t17-/m1/s1. The maximum Gasteiger partial charge on any atom is 0.573 e. The number of benzene rings is 1. The van der Waals surface area contributed by atoms with Gasteiger partial charge in [-0.3, -0.25) is 14.3 Å². The number of fused-ring (bicyclic) bond motifs is 1. The summed E-state index contributed by atoms with van der Waals surface area (Å²) >= 11 is 0. The van der Waals surface area contributed by atoms with Gasteiger partial charge in [0.2, 0.25) is 0 Å². The van der Waals surface area contributed by atoms with E-state index in [0.717, 1.165) is 18.5 Å². The first-order valence-electron chi connectivity index (χ1n) is 9.84. The highest BCUT2D eigenvalue weighted by Gasteiger charge is 2.38. The number of aliphatic hydroxyl groups is 1. The van der Waals surface area contributed by atoms with E-state index in [1.54, 1.807) is 12.1 Å². The summed E-state index contributed by atoms with van der Waals surface area (Å²) in [6.45, 7) is -1.07. The molecular formula is C22H14F6N4O3. The van der Waals surface area contributed by atoms with Gasteiger partial charge >= 0.3 is 12.5 Å². The molecule has 0 bridgehead atoms. The molecule has 0 aliphatic rings. The minimum Gasteiger partial charge on any atom is -0.406 e. The Bertz CT molecular complexity index is 1400. The maximum atomic E-state index is 13.0. The van der Waals surface area contributed by atoms with Crippen molar-refractivity contribution in [3.8, 4) is 28.3 Å². The zero-order chi connectivity index (χ0) is 25.4. The van der Waals surface area contributed by atoms with Crippen LogP contribution in [0.25, 0.3) is 33.4 Å². The number of hydrogen-bond acceptors (Lipinski definition) is 6. The Morgan fingerprint density at radius 3 is 2.34 bits per heavy atom.